The van der Waals surface area contributed by atoms with Crippen LogP contribution in [0.1, 0.15) is 35.5 Å². The Kier molecular flexibility index (Phi) is 3.15. The number of nitrogens with one attached hydrogen (secondary N) is 2. The van der Waals surface area contributed by atoms with Crippen molar-refractivity contribution in [1.82, 2.24) is 15.3 Å². The molecule has 0 bridgehead atoms. The highest BCUT2D eigenvalue weighted by molar-refractivity contribution is 5.85. The Hall–Kier alpha value is -1.65. The van der Waals surface area contributed by atoms with Crippen molar-refractivity contribution in [1.29, 1.82) is 0 Å². The van der Waals surface area contributed by atoms with Crippen LogP contribution in [0.2, 0.25) is 0 Å². The predicted octanol–water partition coefficient (Wildman–Crippen LogP) is 1.87. The molecular formula is C15H16ClN3O. The first-order valence-electron chi connectivity index (χ1n) is 6.68. The molecule has 4 rings (SSSR count). The largest absolute Gasteiger partial charge is 0.309 e. The molecule has 2 aliphatic rings. The highest BCUT2D eigenvalue weighted by Gasteiger charge is 2.48. The van der Waals surface area contributed by atoms with Gasteiger partial charge >= 0.3 is 0 Å². The maximum absolute atomic E-state index is 12.1. The van der Waals surface area contributed by atoms with E-state index >= 15 is 0 Å². The van der Waals surface area contributed by atoms with E-state index in [4.69, 9.17) is 4.98 Å². The van der Waals surface area contributed by atoms with Crippen LogP contribution in [0.25, 0.3) is 0 Å². The van der Waals surface area contributed by atoms with Gasteiger partial charge in [-0.2, -0.15) is 0 Å². The van der Waals surface area contributed by atoms with Crippen LogP contribution in [0.5, 0.6) is 0 Å². The maximum Gasteiger partial charge on any atom is 0.255 e. The zero-order chi connectivity index (χ0) is 12.9. The molecule has 104 valence electrons. The van der Waals surface area contributed by atoms with Gasteiger partial charge in [0.25, 0.3) is 5.56 Å². The lowest BCUT2D eigenvalue weighted by Gasteiger charge is -2.15. The van der Waals surface area contributed by atoms with Crippen molar-refractivity contribution in [3.05, 3.63) is 63.3 Å². The molecule has 0 atom stereocenters. The smallest absolute Gasteiger partial charge is 0.255 e. The van der Waals surface area contributed by atoms with E-state index in [0.29, 0.717) is 13.1 Å². The number of aromatic nitrogens is 2. The second-order valence-electron chi connectivity index (χ2n) is 5.39. The van der Waals surface area contributed by atoms with E-state index in [1.807, 2.05) is 18.2 Å². The predicted molar refractivity (Wildman–Crippen MR) is 79.1 cm³/mol. The lowest BCUT2D eigenvalue weighted by molar-refractivity contribution is 0.727. The summed E-state index contributed by atoms with van der Waals surface area (Å²) < 4.78 is 0. The molecule has 1 aliphatic heterocycles. The van der Waals surface area contributed by atoms with E-state index in [2.05, 4.69) is 22.4 Å². The van der Waals surface area contributed by atoms with Gasteiger partial charge in [0.2, 0.25) is 0 Å². The van der Waals surface area contributed by atoms with Gasteiger partial charge in [0.15, 0.2) is 0 Å². The van der Waals surface area contributed by atoms with Gasteiger partial charge in [-0.25, -0.2) is 4.98 Å². The molecule has 2 N–H and O–H groups in total. The van der Waals surface area contributed by atoms with Crippen LogP contribution in [0, 0.1) is 0 Å². The molecule has 1 aliphatic carbocycles. The third-order valence-corrected chi connectivity index (χ3v) is 4.23. The van der Waals surface area contributed by atoms with Crippen molar-refractivity contribution in [2.45, 2.75) is 31.3 Å². The van der Waals surface area contributed by atoms with Crippen LogP contribution in [-0.4, -0.2) is 9.97 Å². The average Bonchev–Trinajstić information content (AvgIpc) is 3.12. The molecule has 1 saturated carbocycles. The first-order valence-corrected chi connectivity index (χ1v) is 6.68. The first kappa shape index (κ1) is 13.3. The van der Waals surface area contributed by atoms with Crippen LogP contribution < -0.4 is 10.9 Å². The lowest BCUT2D eigenvalue weighted by Crippen LogP contribution is -2.23. The SMILES string of the molecule is Cl.O=c1[nH]c(C2(c3ccccc3)CC2)nc2c1CNC2. The van der Waals surface area contributed by atoms with Crippen molar-refractivity contribution in [3.63, 3.8) is 0 Å². The van der Waals surface area contributed by atoms with Gasteiger partial charge in [-0.3, -0.25) is 4.79 Å². The highest BCUT2D eigenvalue weighted by atomic mass is 35.5. The van der Waals surface area contributed by atoms with Crippen LogP contribution in [-0.2, 0) is 18.5 Å². The maximum atomic E-state index is 12.1. The van der Waals surface area contributed by atoms with Gasteiger partial charge in [0, 0.05) is 13.1 Å². The molecule has 0 saturated heterocycles. The normalized spacial score (nSPS) is 18.2. The minimum atomic E-state index is -0.0575. The minimum absolute atomic E-state index is 0. The average molecular weight is 290 g/mol. The second kappa shape index (κ2) is 4.72. The van der Waals surface area contributed by atoms with Crippen molar-refractivity contribution in [2.24, 2.45) is 0 Å². The summed E-state index contributed by atoms with van der Waals surface area (Å²) in [5.41, 5.74) is 2.93. The first-order chi connectivity index (χ1) is 9.29. The summed E-state index contributed by atoms with van der Waals surface area (Å²) >= 11 is 0. The van der Waals surface area contributed by atoms with Crippen LogP contribution >= 0.6 is 12.4 Å². The fraction of sp³-hybridized carbons (Fsp3) is 0.333. The number of hydrogen-bond acceptors (Lipinski definition) is 3. The monoisotopic (exact) mass is 289 g/mol. The van der Waals surface area contributed by atoms with Gasteiger partial charge in [0.1, 0.15) is 5.82 Å². The number of aromatic amines is 1. The van der Waals surface area contributed by atoms with E-state index < -0.39 is 0 Å². The van der Waals surface area contributed by atoms with Gasteiger partial charge in [-0.05, 0) is 18.4 Å². The number of rotatable bonds is 2. The number of hydrogen-bond donors (Lipinski definition) is 2. The number of nitrogens with zero attached hydrogens (tertiary/aromatic N) is 1. The summed E-state index contributed by atoms with van der Waals surface area (Å²) in [5, 5.41) is 3.18. The molecule has 2 heterocycles. The van der Waals surface area contributed by atoms with Gasteiger partial charge in [-0.15, -0.1) is 12.4 Å². The Bertz CT molecular complexity index is 692. The number of halogens is 1. The highest BCUT2D eigenvalue weighted by Crippen LogP contribution is 2.51. The van der Waals surface area contributed by atoms with E-state index in [-0.39, 0.29) is 23.4 Å². The molecule has 0 spiro atoms. The summed E-state index contributed by atoms with van der Waals surface area (Å²) in [6.45, 7) is 1.34. The van der Waals surface area contributed by atoms with E-state index in [0.717, 1.165) is 29.9 Å². The molecule has 0 unspecified atom stereocenters. The van der Waals surface area contributed by atoms with E-state index in [9.17, 15) is 4.79 Å². The van der Waals surface area contributed by atoms with Crippen molar-refractivity contribution in [3.8, 4) is 0 Å². The van der Waals surface area contributed by atoms with Gasteiger partial charge < -0.3 is 10.3 Å². The zero-order valence-electron chi connectivity index (χ0n) is 11.0. The molecule has 1 aromatic carbocycles. The van der Waals surface area contributed by atoms with Crippen LogP contribution in [0.4, 0.5) is 0 Å². The van der Waals surface area contributed by atoms with E-state index in [1.54, 1.807) is 0 Å². The Morgan fingerprint density at radius 1 is 1.10 bits per heavy atom. The molecule has 20 heavy (non-hydrogen) atoms. The molecule has 1 fully saturated rings. The summed E-state index contributed by atoms with van der Waals surface area (Å²) in [6.07, 6.45) is 2.12. The van der Waals surface area contributed by atoms with Crippen LogP contribution in [0.3, 0.4) is 0 Å². The van der Waals surface area contributed by atoms with Crippen molar-refractivity contribution >= 4 is 12.4 Å². The van der Waals surface area contributed by atoms with E-state index in [1.165, 1.54) is 5.56 Å². The quantitative estimate of drug-likeness (QED) is 0.887. The van der Waals surface area contributed by atoms with Gasteiger partial charge in [0.05, 0.1) is 16.7 Å². The fourth-order valence-corrected chi connectivity index (χ4v) is 2.95. The zero-order valence-corrected chi connectivity index (χ0v) is 11.8. The number of H-pyrrole nitrogens is 1. The Morgan fingerprint density at radius 3 is 2.55 bits per heavy atom. The lowest BCUT2D eigenvalue weighted by atomic mass is 9.95. The molecule has 5 heteroatoms. The van der Waals surface area contributed by atoms with Crippen molar-refractivity contribution < 1.29 is 0 Å². The second-order valence-corrected chi connectivity index (χ2v) is 5.39. The summed E-state index contributed by atoms with van der Waals surface area (Å²) in [6, 6.07) is 10.4. The van der Waals surface area contributed by atoms with Crippen LogP contribution in [0.15, 0.2) is 35.1 Å². The Balaban J connectivity index is 0.00000121. The summed E-state index contributed by atoms with van der Waals surface area (Å²) in [7, 11) is 0. The Morgan fingerprint density at radius 2 is 1.85 bits per heavy atom. The number of benzene rings is 1. The fourth-order valence-electron chi connectivity index (χ4n) is 2.95. The molecule has 2 aromatic rings. The topological polar surface area (TPSA) is 57.8 Å². The molecule has 1 aromatic heterocycles. The molecule has 0 amide bonds. The molecular weight excluding hydrogens is 274 g/mol. The third-order valence-electron chi connectivity index (χ3n) is 4.23. The van der Waals surface area contributed by atoms with Gasteiger partial charge in [-0.1, -0.05) is 30.3 Å². The standard InChI is InChI=1S/C15H15N3O.ClH/c19-13-11-8-16-9-12(11)17-14(18-13)15(6-7-15)10-4-2-1-3-5-10;/h1-5,16H,6-9H2,(H,17,18,19);1H. The minimum Gasteiger partial charge on any atom is -0.309 e. The molecule has 0 radical (unpaired) electrons. The Labute approximate surface area is 123 Å². The number of fused-ring (bicyclic) bond motifs is 1. The summed E-state index contributed by atoms with van der Waals surface area (Å²) in [4.78, 5) is 19.8. The van der Waals surface area contributed by atoms with Crippen molar-refractivity contribution in [2.75, 3.05) is 0 Å². The third kappa shape index (κ3) is 1.87. The summed E-state index contributed by atoms with van der Waals surface area (Å²) in [5.74, 6) is 0.839. The molecule has 4 nitrogen and oxygen atoms in total.